The molecule has 0 aliphatic rings. The van der Waals surface area contributed by atoms with E-state index in [9.17, 15) is 9.59 Å². The summed E-state index contributed by atoms with van der Waals surface area (Å²) in [5, 5.41) is 6.02. The van der Waals surface area contributed by atoms with Crippen molar-refractivity contribution in [2.75, 3.05) is 12.4 Å². The molecule has 0 atom stereocenters. The second kappa shape index (κ2) is 8.33. The molecule has 27 heavy (non-hydrogen) atoms. The van der Waals surface area contributed by atoms with Crippen LogP contribution < -0.4 is 10.6 Å². The molecule has 1 amide bonds. The summed E-state index contributed by atoms with van der Waals surface area (Å²) in [6.07, 6.45) is 4.25. The van der Waals surface area contributed by atoms with Crippen LogP contribution in [0.15, 0.2) is 53.4 Å². The standard InChI is InChI=1S/C18H15ClN4O4/c1-26-18(25)11-4-5-13(19)14(7-11)23-16-10-20-15(9-21-16)17(24)22-8-12-3-2-6-27-12/h2-7,9-10H,8H2,1H3,(H,21,23)(H,22,24). The van der Waals surface area contributed by atoms with E-state index in [4.69, 9.17) is 16.0 Å². The Kier molecular flexibility index (Phi) is 5.68. The lowest BCUT2D eigenvalue weighted by Gasteiger charge is -2.09. The summed E-state index contributed by atoms with van der Waals surface area (Å²) in [6, 6.07) is 8.16. The number of nitrogens with zero attached hydrogens (tertiary/aromatic N) is 2. The molecule has 3 aromatic rings. The number of anilines is 2. The first kappa shape index (κ1) is 18.4. The highest BCUT2D eigenvalue weighted by atomic mass is 35.5. The number of rotatable bonds is 6. The molecule has 0 aliphatic carbocycles. The Morgan fingerprint density at radius 2 is 2.07 bits per heavy atom. The van der Waals surface area contributed by atoms with E-state index in [-0.39, 0.29) is 18.1 Å². The molecule has 0 fully saturated rings. The zero-order chi connectivity index (χ0) is 19.2. The molecule has 3 rings (SSSR count). The van der Waals surface area contributed by atoms with Crippen molar-refractivity contribution < 1.29 is 18.7 Å². The van der Waals surface area contributed by atoms with Crippen molar-refractivity contribution in [1.29, 1.82) is 0 Å². The maximum Gasteiger partial charge on any atom is 0.337 e. The van der Waals surface area contributed by atoms with Crippen LogP contribution in [0.25, 0.3) is 0 Å². The van der Waals surface area contributed by atoms with Crippen LogP contribution >= 0.6 is 11.6 Å². The molecule has 0 saturated carbocycles. The van der Waals surface area contributed by atoms with Crippen LogP contribution in [0.5, 0.6) is 0 Å². The molecule has 1 aromatic carbocycles. The highest BCUT2D eigenvalue weighted by Crippen LogP contribution is 2.26. The number of carbonyl (C=O) groups excluding carboxylic acids is 2. The fraction of sp³-hybridized carbons (Fsp3) is 0.111. The zero-order valence-electron chi connectivity index (χ0n) is 14.2. The van der Waals surface area contributed by atoms with E-state index in [1.165, 1.54) is 25.8 Å². The minimum Gasteiger partial charge on any atom is -0.467 e. The number of benzene rings is 1. The summed E-state index contributed by atoms with van der Waals surface area (Å²) in [5.74, 6) is 0.136. The van der Waals surface area contributed by atoms with E-state index in [1.807, 2.05) is 0 Å². The van der Waals surface area contributed by atoms with Crippen molar-refractivity contribution in [3.8, 4) is 0 Å². The van der Waals surface area contributed by atoms with Gasteiger partial charge in [0.2, 0.25) is 0 Å². The Bertz CT molecular complexity index is 943. The van der Waals surface area contributed by atoms with Crippen LogP contribution in [-0.4, -0.2) is 29.0 Å². The molecule has 0 radical (unpaired) electrons. The van der Waals surface area contributed by atoms with Gasteiger partial charge in [0.05, 0.1) is 48.6 Å². The summed E-state index contributed by atoms with van der Waals surface area (Å²) in [6.45, 7) is 0.253. The normalized spacial score (nSPS) is 10.3. The largest absolute Gasteiger partial charge is 0.467 e. The molecule has 9 heteroatoms. The van der Waals surface area contributed by atoms with Gasteiger partial charge in [0, 0.05) is 0 Å². The van der Waals surface area contributed by atoms with Crippen molar-refractivity contribution in [3.63, 3.8) is 0 Å². The number of hydrogen-bond acceptors (Lipinski definition) is 7. The quantitative estimate of drug-likeness (QED) is 0.626. The third-order valence-electron chi connectivity index (χ3n) is 3.54. The van der Waals surface area contributed by atoms with Gasteiger partial charge in [-0.2, -0.15) is 0 Å². The van der Waals surface area contributed by atoms with Gasteiger partial charge in [0.15, 0.2) is 0 Å². The second-order valence-corrected chi connectivity index (χ2v) is 5.77. The molecular weight excluding hydrogens is 372 g/mol. The van der Waals surface area contributed by atoms with Crippen LogP contribution in [-0.2, 0) is 11.3 Å². The van der Waals surface area contributed by atoms with Gasteiger partial charge in [-0.05, 0) is 30.3 Å². The molecule has 0 unspecified atom stereocenters. The third-order valence-corrected chi connectivity index (χ3v) is 3.87. The number of aromatic nitrogens is 2. The fourth-order valence-corrected chi connectivity index (χ4v) is 2.35. The number of esters is 1. The Balaban J connectivity index is 1.67. The molecule has 0 spiro atoms. The average Bonchev–Trinajstić information content (AvgIpc) is 3.21. The molecular formula is C18H15ClN4O4. The topological polar surface area (TPSA) is 106 Å². The van der Waals surface area contributed by atoms with E-state index >= 15 is 0 Å². The van der Waals surface area contributed by atoms with Gasteiger partial charge in [-0.25, -0.2) is 14.8 Å². The number of ether oxygens (including phenoxy) is 1. The third kappa shape index (κ3) is 4.62. The first-order valence-electron chi connectivity index (χ1n) is 7.84. The minimum absolute atomic E-state index is 0.154. The lowest BCUT2D eigenvalue weighted by atomic mass is 10.2. The predicted molar refractivity (Wildman–Crippen MR) is 98.0 cm³/mol. The molecule has 2 N–H and O–H groups in total. The SMILES string of the molecule is COC(=O)c1ccc(Cl)c(Nc2cnc(C(=O)NCc3ccco3)cn2)c1. The highest BCUT2D eigenvalue weighted by Gasteiger charge is 2.11. The van der Waals surface area contributed by atoms with Gasteiger partial charge in [-0.1, -0.05) is 11.6 Å². The molecule has 0 aliphatic heterocycles. The van der Waals surface area contributed by atoms with Gasteiger partial charge >= 0.3 is 5.97 Å². The van der Waals surface area contributed by atoms with Gasteiger partial charge in [-0.15, -0.1) is 0 Å². The smallest absolute Gasteiger partial charge is 0.337 e. The van der Waals surface area contributed by atoms with Crippen LogP contribution in [0, 0.1) is 0 Å². The summed E-state index contributed by atoms with van der Waals surface area (Å²) >= 11 is 6.13. The molecule has 2 heterocycles. The Morgan fingerprint density at radius 1 is 1.22 bits per heavy atom. The van der Waals surface area contributed by atoms with E-state index in [1.54, 1.807) is 30.3 Å². The minimum atomic E-state index is -0.482. The van der Waals surface area contributed by atoms with Gasteiger partial charge in [-0.3, -0.25) is 4.79 Å². The Morgan fingerprint density at radius 3 is 2.74 bits per heavy atom. The lowest BCUT2D eigenvalue weighted by Crippen LogP contribution is -2.23. The van der Waals surface area contributed by atoms with Crippen molar-refractivity contribution in [1.82, 2.24) is 15.3 Å². The van der Waals surface area contributed by atoms with Crippen LogP contribution in [0.4, 0.5) is 11.5 Å². The first-order chi connectivity index (χ1) is 13.1. The summed E-state index contributed by atoms with van der Waals surface area (Å²) in [4.78, 5) is 31.9. The van der Waals surface area contributed by atoms with E-state index in [2.05, 4.69) is 25.3 Å². The number of halogens is 1. The summed E-state index contributed by atoms with van der Waals surface area (Å²) < 4.78 is 9.83. The predicted octanol–water partition coefficient (Wildman–Crippen LogP) is 3.18. The Labute approximate surface area is 159 Å². The van der Waals surface area contributed by atoms with Crippen molar-refractivity contribution in [2.45, 2.75) is 6.54 Å². The van der Waals surface area contributed by atoms with Crippen LogP contribution in [0.2, 0.25) is 5.02 Å². The molecule has 8 nitrogen and oxygen atoms in total. The van der Waals surface area contributed by atoms with Gasteiger partial charge in [0.1, 0.15) is 17.3 Å². The fourth-order valence-electron chi connectivity index (χ4n) is 2.18. The number of amides is 1. The van der Waals surface area contributed by atoms with Crippen molar-refractivity contribution in [2.24, 2.45) is 0 Å². The molecule has 0 saturated heterocycles. The number of methoxy groups -OCH3 is 1. The molecule has 2 aromatic heterocycles. The van der Waals surface area contributed by atoms with Crippen LogP contribution in [0.1, 0.15) is 26.6 Å². The van der Waals surface area contributed by atoms with Crippen LogP contribution in [0.3, 0.4) is 0 Å². The lowest BCUT2D eigenvalue weighted by molar-refractivity contribution is 0.0600. The van der Waals surface area contributed by atoms with E-state index < -0.39 is 5.97 Å². The number of furan rings is 1. The Hall–Kier alpha value is -3.39. The zero-order valence-corrected chi connectivity index (χ0v) is 15.0. The average molecular weight is 387 g/mol. The number of hydrogen-bond donors (Lipinski definition) is 2. The highest BCUT2D eigenvalue weighted by molar-refractivity contribution is 6.33. The van der Waals surface area contributed by atoms with E-state index in [0.717, 1.165) is 0 Å². The van der Waals surface area contributed by atoms with Crippen molar-refractivity contribution in [3.05, 3.63) is 71.0 Å². The first-order valence-corrected chi connectivity index (χ1v) is 8.22. The molecule has 138 valence electrons. The molecule has 0 bridgehead atoms. The second-order valence-electron chi connectivity index (χ2n) is 5.36. The maximum atomic E-state index is 12.1. The summed E-state index contributed by atoms with van der Waals surface area (Å²) in [7, 11) is 1.30. The van der Waals surface area contributed by atoms with E-state index in [0.29, 0.717) is 27.9 Å². The van der Waals surface area contributed by atoms with Crippen molar-refractivity contribution >= 4 is 35.0 Å². The number of nitrogens with one attached hydrogen (secondary N) is 2. The van der Waals surface area contributed by atoms with Gasteiger partial charge < -0.3 is 19.8 Å². The van der Waals surface area contributed by atoms with Gasteiger partial charge in [0.25, 0.3) is 5.91 Å². The maximum absolute atomic E-state index is 12.1. The summed E-state index contributed by atoms with van der Waals surface area (Å²) in [5.41, 5.74) is 0.955. The monoisotopic (exact) mass is 386 g/mol. The number of carbonyl (C=O) groups is 2.